The quantitative estimate of drug-likeness (QED) is 0.299. The molecule has 0 saturated heterocycles. The summed E-state index contributed by atoms with van der Waals surface area (Å²) in [5, 5.41) is 4.06. The first-order chi connectivity index (χ1) is 10.7. The van der Waals surface area contributed by atoms with Gasteiger partial charge in [-0.25, -0.2) is 0 Å². The Morgan fingerprint density at radius 2 is 2.05 bits per heavy atom. The maximum absolute atomic E-state index is 5.81. The van der Waals surface area contributed by atoms with Crippen LogP contribution in [0.3, 0.4) is 0 Å². The van der Waals surface area contributed by atoms with Crippen LogP contribution in [-0.2, 0) is 0 Å². The summed E-state index contributed by atoms with van der Waals surface area (Å²) in [5.74, 6) is 1.48. The van der Waals surface area contributed by atoms with E-state index in [1.807, 2.05) is 25.1 Å². The number of hydrogen-bond acceptors (Lipinski definition) is 4. The fraction of sp³-hybridized carbons (Fsp3) is 0.500. The van der Waals surface area contributed by atoms with Crippen LogP contribution >= 0.6 is 12.2 Å². The Labute approximate surface area is 137 Å². The minimum absolute atomic E-state index is 0.133. The van der Waals surface area contributed by atoms with Crippen molar-refractivity contribution < 1.29 is 9.47 Å². The summed E-state index contributed by atoms with van der Waals surface area (Å²) in [6, 6.07) is 5.69. The lowest BCUT2D eigenvalue weighted by Crippen LogP contribution is -2.23. The zero-order valence-corrected chi connectivity index (χ0v) is 14.1. The normalized spacial score (nSPS) is 10.6. The Morgan fingerprint density at radius 1 is 1.23 bits per heavy atom. The van der Waals surface area contributed by atoms with Gasteiger partial charge in [0.05, 0.1) is 19.4 Å². The predicted molar refractivity (Wildman–Crippen MR) is 94.8 cm³/mol. The van der Waals surface area contributed by atoms with Crippen molar-refractivity contribution in [3.8, 4) is 11.5 Å². The Morgan fingerprint density at radius 3 is 2.73 bits per heavy atom. The molecule has 0 amide bonds. The summed E-state index contributed by atoms with van der Waals surface area (Å²) in [6.07, 6.45) is 6.34. The van der Waals surface area contributed by atoms with E-state index < -0.39 is 0 Å². The highest BCUT2D eigenvalue weighted by molar-refractivity contribution is 7.80. The van der Waals surface area contributed by atoms with E-state index in [0.29, 0.717) is 13.2 Å². The summed E-state index contributed by atoms with van der Waals surface area (Å²) >= 11 is 4.69. The minimum Gasteiger partial charge on any atom is -0.490 e. The van der Waals surface area contributed by atoms with Crippen LogP contribution in [0.15, 0.2) is 23.3 Å². The van der Waals surface area contributed by atoms with Gasteiger partial charge in [0.25, 0.3) is 0 Å². The number of rotatable bonds is 10. The van der Waals surface area contributed by atoms with E-state index in [-0.39, 0.29) is 5.11 Å². The summed E-state index contributed by atoms with van der Waals surface area (Å²) in [7, 11) is 0. The Hall–Kier alpha value is -1.82. The van der Waals surface area contributed by atoms with Gasteiger partial charge in [0.1, 0.15) is 0 Å². The van der Waals surface area contributed by atoms with Crippen molar-refractivity contribution >= 4 is 23.5 Å². The van der Waals surface area contributed by atoms with E-state index in [2.05, 4.69) is 29.7 Å². The number of thiocarbonyl (C=S) groups is 1. The average Bonchev–Trinajstić information content (AvgIpc) is 2.49. The summed E-state index contributed by atoms with van der Waals surface area (Å²) < 4.78 is 11.4. The molecule has 0 spiro atoms. The lowest BCUT2D eigenvalue weighted by atomic mass is 10.2. The van der Waals surface area contributed by atoms with Crippen LogP contribution in [0.5, 0.6) is 11.5 Å². The van der Waals surface area contributed by atoms with Crippen molar-refractivity contribution in [3.63, 3.8) is 0 Å². The van der Waals surface area contributed by atoms with Gasteiger partial charge in [-0.05, 0) is 49.3 Å². The zero-order chi connectivity index (χ0) is 16.2. The first-order valence-electron chi connectivity index (χ1n) is 7.65. The van der Waals surface area contributed by atoms with Crippen LogP contribution < -0.4 is 20.6 Å². The molecule has 0 aliphatic carbocycles. The standard InChI is InChI=1S/C16H25N3O2S/c1-3-5-6-7-10-21-14-9-8-13(11-15(14)20-4-2)12-18-19-16(17)22/h8-9,11-12H,3-7,10H2,1-2H3,(H3,17,19,22). The number of unbranched alkanes of at least 4 members (excludes halogenated alkanes) is 3. The second-order valence-corrected chi connectivity index (χ2v) is 5.22. The molecule has 0 fully saturated rings. The largest absolute Gasteiger partial charge is 0.490 e. The van der Waals surface area contributed by atoms with Gasteiger partial charge in [0.15, 0.2) is 16.6 Å². The molecule has 1 aromatic carbocycles. The third kappa shape index (κ3) is 7.26. The molecule has 1 rings (SSSR count). The molecule has 0 unspecified atom stereocenters. The van der Waals surface area contributed by atoms with E-state index in [4.69, 9.17) is 15.2 Å². The van der Waals surface area contributed by atoms with Crippen LogP contribution in [-0.4, -0.2) is 24.5 Å². The van der Waals surface area contributed by atoms with Crippen molar-refractivity contribution in [3.05, 3.63) is 23.8 Å². The van der Waals surface area contributed by atoms with Gasteiger partial charge in [-0.3, -0.25) is 5.43 Å². The molecule has 0 heterocycles. The highest BCUT2D eigenvalue weighted by atomic mass is 32.1. The molecule has 0 aliphatic rings. The van der Waals surface area contributed by atoms with Crippen LogP contribution in [0.1, 0.15) is 45.1 Å². The van der Waals surface area contributed by atoms with Gasteiger partial charge in [0, 0.05) is 0 Å². The Kier molecular flexibility index (Phi) is 8.98. The lowest BCUT2D eigenvalue weighted by molar-refractivity contribution is 0.270. The maximum atomic E-state index is 5.81. The molecule has 3 N–H and O–H groups in total. The lowest BCUT2D eigenvalue weighted by Gasteiger charge is -2.12. The van der Waals surface area contributed by atoms with E-state index >= 15 is 0 Å². The van der Waals surface area contributed by atoms with Gasteiger partial charge in [0.2, 0.25) is 0 Å². The van der Waals surface area contributed by atoms with E-state index in [1.54, 1.807) is 6.21 Å². The van der Waals surface area contributed by atoms with Crippen molar-refractivity contribution in [1.29, 1.82) is 0 Å². The maximum Gasteiger partial charge on any atom is 0.184 e. The second-order valence-electron chi connectivity index (χ2n) is 4.78. The molecule has 1 aromatic rings. The van der Waals surface area contributed by atoms with Gasteiger partial charge in [-0.15, -0.1) is 0 Å². The highest BCUT2D eigenvalue weighted by Gasteiger charge is 2.05. The first kappa shape index (κ1) is 18.2. The summed E-state index contributed by atoms with van der Waals surface area (Å²) in [6.45, 7) is 5.43. The van der Waals surface area contributed by atoms with Crippen LogP contribution in [0.2, 0.25) is 0 Å². The number of hydrazone groups is 1. The molecular formula is C16H25N3O2S. The number of benzene rings is 1. The molecule has 0 atom stereocenters. The second kappa shape index (κ2) is 10.8. The first-order valence-corrected chi connectivity index (χ1v) is 8.06. The molecule has 0 saturated carbocycles. The minimum atomic E-state index is 0.133. The van der Waals surface area contributed by atoms with Crippen molar-refractivity contribution in [1.82, 2.24) is 5.43 Å². The Bertz CT molecular complexity index is 492. The summed E-state index contributed by atoms with van der Waals surface area (Å²) in [4.78, 5) is 0. The van der Waals surface area contributed by atoms with Crippen molar-refractivity contribution in [2.75, 3.05) is 13.2 Å². The third-order valence-corrected chi connectivity index (χ3v) is 3.00. The average molecular weight is 323 g/mol. The number of ether oxygens (including phenoxy) is 2. The van der Waals surface area contributed by atoms with Crippen LogP contribution in [0, 0.1) is 0 Å². The Balaban J connectivity index is 2.64. The monoisotopic (exact) mass is 323 g/mol. The predicted octanol–water partition coefficient (Wildman–Crippen LogP) is 3.21. The molecular weight excluding hydrogens is 298 g/mol. The van der Waals surface area contributed by atoms with Crippen molar-refractivity contribution in [2.24, 2.45) is 10.8 Å². The fourth-order valence-corrected chi connectivity index (χ4v) is 1.93. The SMILES string of the molecule is CCCCCCOc1ccc(C=NNC(N)=S)cc1OCC. The molecule has 6 heteroatoms. The molecule has 0 bridgehead atoms. The zero-order valence-electron chi connectivity index (χ0n) is 13.3. The van der Waals surface area contributed by atoms with Crippen molar-refractivity contribution in [2.45, 2.75) is 39.5 Å². The molecule has 5 nitrogen and oxygen atoms in total. The van der Waals surface area contributed by atoms with Crippen LogP contribution in [0.25, 0.3) is 0 Å². The number of nitrogens with two attached hydrogens (primary N) is 1. The summed E-state index contributed by atoms with van der Waals surface area (Å²) in [5.41, 5.74) is 8.71. The highest BCUT2D eigenvalue weighted by Crippen LogP contribution is 2.28. The smallest absolute Gasteiger partial charge is 0.184 e. The van der Waals surface area contributed by atoms with Gasteiger partial charge in [-0.1, -0.05) is 26.2 Å². The number of nitrogens with zero attached hydrogens (tertiary/aromatic N) is 1. The van der Waals surface area contributed by atoms with E-state index in [0.717, 1.165) is 23.5 Å². The molecule has 0 aliphatic heterocycles. The molecule has 122 valence electrons. The topological polar surface area (TPSA) is 68.9 Å². The van der Waals surface area contributed by atoms with Gasteiger partial charge in [-0.2, -0.15) is 5.10 Å². The van der Waals surface area contributed by atoms with E-state index in [9.17, 15) is 0 Å². The van der Waals surface area contributed by atoms with Gasteiger partial charge < -0.3 is 15.2 Å². The van der Waals surface area contributed by atoms with E-state index in [1.165, 1.54) is 19.3 Å². The third-order valence-electron chi connectivity index (χ3n) is 2.91. The molecule has 0 radical (unpaired) electrons. The molecule has 0 aromatic heterocycles. The fourth-order valence-electron chi connectivity index (χ4n) is 1.87. The van der Waals surface area contributed by atoms with Crippen LogP contribution in [0.4, 0.5) is 0 Å². The number of hydrogen-bond donors (Lipinski definition) is 2. The number of nitrogens with one attached hydrogen (secondary N) is 1. The van der Waals surface area contributed by atoms with Gasteiger partial charge >= 0.3 is 0 Å². The molecule has 22 heavy (non-hydrogen) atoms.